The van der Waals surface area contributed by atoms with Crippen LogP contribution < -0.4 is 10.2 Å². The van der Waals surface area contributed by atoms with Gasteiger partial charge in [0.05, 0.1) is 17.8 Å². The third-order valence-electron chi connectivity index (χ3n) is 4.28. The topological polar surface area (TPSA) is 40.6 Å². The van der Waals surface area contributed by atoms with Crippen LogP contribution in [0.5, 0.6) is 5.88 Å². The van der Waals surface area contributed by atoms with E-state index >= 15 is 0 Å². The van der Waals surface area contributed by atoms with Crippen LogP contribution in [-0.2, 0) is 9.31 Å². The summed E-state index contributed by atoms with van der Waals surface area (Å²) in [6.07, 6.45) is 5.22. The van der Waals surface area contributed by atoms with E-state index < -0.39 is 0 Å². The van der Waals surface area contributed by atoms with Crippen LogP contribution in [0.3, 0.4) is 0 Å². The molecule has 0 radical (unpaired) electrons. The van der Waals surface area contributed by atoms with Crippen LogP contribution in [0.1, 0.15) is 53.9 Å². The van der Waals surface area contributed by atoms with E-state index in [-0.39, 0.29) is 18.3 Å². The average molecular weight is 291 g/mol. The molecule has 0 spiro atoms. The highest BCUT2D eigenvalue weighted by molar-refractivity contribution is 6.62. The summed E-state index contributed by atoms with van der Waals surface area (Å²) in [4.78, 5) is 4.33. The predicted octanol–water partition coefficient (Wildman–Crippen LogP) is 2.95. The Morgan fingerprint density at radius 1 is 1.10 bits per heavy atom. The quantitative estimate of drug-likeness (QED) is 0.597. The number of rotatable bonds is 6. The number of pyridine rings is 1. The lowest BCUT2D eigenvalue weighted by Gasteiger charge is -2.32. The van der Waals surface area contributed by atoms with Gasteiger partial charge in [0.1, 0.15) is 0 Å². The molecule has 0 aliphatic carbocycles. The number of hydrogen-bond donors (Lipinski definition) is 0. The van der Waals surface area contributed by atoms with E-state index in [4.69, 9.17) is 14.0 Å². The zero-order chi connectivity index (χ0) is 15.5. The Labute approximate surface area is 128 Å². The number of nitrogens with zero attached hydrogens (tertiary/aromatic N) is 1. The van der Waals surface area contributed by atoms with Crippen molar-refractivity contribution >= 4 is 12.6 Å². The fraction of sp³-hybridized carbons (Fsp3) is 0.688. The molecule has 0 saturated carbocycles. The molecule has 1 aromatic heterocycles. The van der Waals surface area contributed by atoms with E-state index in [1.54, 1.807) is 6.20 Å². The van der Waals surface area contributed by atoms with Crippen LogP contribution in [0, 0.1) is 0 Å². The summed E-state index contributed by atoms with van der Waals surface area (Å²) < 4.78 is 17.6. The summed E-state index contributed by atoms with van der Waals surface area (Å²) in [7, 11) is -0.364. The molecule has 1 fully saturated rings. The zero-order valence-electron chi connectivity index (χ0n) is 13.8. The van der Waals surface area contributed by atoms with Crippen LogP contribution in [-0.4, -0.2) is 29.9 Å². The highest BCUT2D eigenvalue weighted by Gasteiger charge is 2.51. The monoisotopic (exact) mass is 291 g/mol. The lowest BCUT2D eigenvalue weighted by molar-refractivity contribution is 0.00578. The van der Waals surface area contributed by atoms with Crippen molar-refractivity contribution < 1.29 is 14.0 Å². The smallest absolute Gasteiger partial charge is 0.478 e. The number of aromatic nitrogens is 1. The van der Waals surface area contributed by atoms with Crippen molar-refractivity contribution in [1.82, 2.24) is 4.98 Å². The second-order valence-corrected chi connectivity index (χ2v) is 6.57. The van der Waals surface area contributed by atoms with Gasteiger partial charge in [0, 0.05) is 11.7 Å². The van der Waals surface area contributed by atoms with Crippen molar-refractivity contribution in [3.8, 4) is 5.88 Å². The average Bonchev–Trinajstić information content (AvgIpc) is 2.64. The minimum atomic E-state index is -0.364. The van der Waals surface area contributed by atoms with Gasteiger partial charge in [-0.3, -0.25) is 0 Å². The molecule has 116 valence electrons. The lowest BCUT2D eigenvalue weighted by Crippen LogP contribution is -2.41. The second kappa shape index (κ2) is 6.36. The van der Waals surface area contributed by atoms with Gasteiger partial charge in [-0.1, -0.05) is 25.8 Å². The molecular formula is C16H26BNO3. The van der Waals surface area contributed by atoms with Crippen molar-refractivity contribution in [2.24, 2.45) is 0 Å². The van der Waals surface area contributed by atoms with Crippen LogP contribution in [0.4, 0.5) is 0 Å². The van der Waals surface area contributed by atoms with E-state index in [2.05, 4.69) is 11.9 Å². The summed E-state index contributed by atoms with van der Waals surface area (Å²) in [5.41, 5.74) is 0.273. The Bertz CT molecular complexity index is 443. The van der Waals surface area contributed by atoms with Gasteiger partial charge in [-0.2, -0.15) is 0 Å². The Hall–Kier alpha value is -1.07. The molecule has 0 bridgehead atoms. The molecule has 1 saturated heterocycles. The van der Waals surface area contributed by atoms with Gasteiger partial charge < -0.3 is 14.0 Å². The normalized spacial score (nSPS) is 19.8. The van der Waals surface area contributed by atoms with Crippen LogP contribution in [0.25, 0.3) is 0 Å². The van der Waals surface area contributed by atoms with Crippen LogP contribution >= 0.6 is 0 Å². The summed E-state index contributed by atoms with van der Waals surface area (Å²) >= 11 is 0. The first-order valence-electron chi connectivity index (χ1n) is 7.80. The first-order valence-corrected chi connectivity index (χ1v) is 7.80. The molecule has 4 nitrogen and oxygen atoms in total. The van der Waals surface area contributed by atoms with E-state index in [0.717, 1.165) is 18.5 Å². The highest BCUT2D eigenvalue weighted by Crippen LogP contribution is 2.36. The molecule has 1 aromatic rings. The highest BCUT2D eigenvalue weighted by atomic mass is 16.7. The second-order valence-electron chi connectivity index (χ2n) is 6.57. The van der Waals surface area contributed by atoms with Crippen molar-refractivity contribution in [3.63, 3.8) is 0 Å². The summed E-state index contributed by atoms with van der Waals surface area (Å²) in [6, 6.07) is 3.84. The molecule has 2 heterocycles. The SMILES string of the molecule is CCCCCOc1ccc(B2OC(C)(C)C(C)(C)O2)cn1. The van der Waals surface area contributed by atoms with Crippen molar-refractivity contribution in [1.29, 1.82) is 0 Å². The molecule has 1 aliphatic heterocycles. The van der Waals surface area contributed by atoms with Crippen molar-refractivity contribution in [2.45, 2.75) is 65.1 Å². The van der Waals surface area contributed by atoms with Crippen molar-refractivity contribution in [3.05, 3.63) is 18.3 Å². The van der Waals surface area contributed by atoms with Crippen LogP contribution in [0.2, 0.25) is 0 Å². The van der Waals surface area contributed by atoms with Gasteiger partial charge in [-0.25, -0.2) is 4.98 Å². The molecule has 1 aliphatic rings. The third-order valence-corrected chi connectivity index (χ3v) is 4.28. The van der Waals surface area contributed by atoms with Gasteiger partial charge in [-0.15, -0.1) is 0 Å². The van der Waals surface area contributed by atoms with E-state index in [1.165, 1.54) is 12.8 Å². The van der Waals surface area contributed by atoms with E-state index in [0.29, 0.717) is 5.88 Å². The first kappa shape index (κ1) is 16.3. The zero-order valence-corrected chi connectivity index (χ0v) is 13.8. The maximum Gasteiger partial charge on any atom is 0.496 e. The number of unbranched alkanes of at least 4 members (excludes halogenated alkanes) is 2. The maximum absolute atomic E-state index is 6.00. The first-order chi connectivity index (χ1) is 9.86. The molecule has 0 N–H and O–H groups in total. The molecule has 0 amide bonds. The van der Waals surface area contributed by atoms with Gasteiger partial charge in [0.2, 0.25) is 5.88 Å². The Morgan fingerprint density at radius 2 is 1.76 bits per heavy atom. The number of ether oxygens (including phenoxy) is 1. The summed E-state index contributed by atoms with van der Waals surface area (Å²) in [5.74, 6) is 0.659. The molecular weight excluding hydrogens is 265 g/mol. The maximum atomic E-state index is 6.00. The Kier molecular flexibility index (Phi) is 4.94. The fourth-order valence-corrected chi connectivity index (χ4v) is 2.12. The van der Waals surface area contributed by atoms with Gasteiger partial charge >= 0.3 is 7.12 Å². The molecule has 2 rings (SSSR count). The van der Waals surface area contributed by atoms with Crippen molar-refractivity contribution in [2.75, 3.05) is 6.61 Å². The molecule has 0 atom stereocenters. The van der Waals surface area contributed by atoms with Gasteiger partial charge in [0.25, 0.3) is 0 Å². The molecule has 21 heavy (non-hydrogen) atoms. The van der Waals surface area contributed by atoms with E-state index in [9.17, 15) is 0 Å². The number of hydrogen-bond acceptors (Lipinski definition) is 4. The molecule has 0 aromatic carbocycles. The van der Waals surface area contributed by atoms with E-state index in [1.807, 2.05) is 39.8 Å². The minimum Gasteiger partial charge on any atom is -0.478 e. The Balaban J connectivity index is 1.94. The minimum absolute atomic E-state index is 0.326. The van der Waals surface area contributed by atoms with Gasteiger partial charge in [0.15, 0.2) is 0 Å². The lowest BCUT2D eigenvalue weighted by atomic mass is 9.80. The summed E-state index contributed by atoms with van der Waals surface area (Å²) in [5, 5.41) is 0. The molecule has 0 unspecified atom stereocenters. The van der Waals surface area contributed by atoms with Crippen LogP contribution in [0.15, 0.2) is 18.3 Å². The third kappa shape index (κ3) is 3.77. The fourth-order valence-electron chi connectivity index (χ4n) is 2.12. The Morgan fingerprint density at radius 3 is 2.29 bits per heavy atom. The summed E-state index contributed by atoms with van der Waals surface area (Å²) in [6.45, 7) is 11.1. The largest absolute Gasteiger partial charge is 0.496 e. The van der Waals surface area contributed by atoms with Gasteiger partial charge in [-0.05, 0) is 40.2 Å². The molecule has 5 heteroatoms. The predicted molar refractivity (Wildman–Crippen MR) is 85.0 cm³/mol. The standard InChI is InChI=1S/C16H26BNO3/c1-6-7-8-11-19-14-10-9-13(12-18-14)17-20-15(2,3)16(4,5)21-17/h9-10,12H,6-8,11H2,1-5H3.